The summed E-state index contributed by atoms with van der Waals surface area (Å²) in [6.45, 7) is 2.19. The first kappa shape index (κ1) is 26.4. The third-order valence-electron chi connectivity index (χ3n) is 5.78. The second-order valence-electron chi connectivity index (χ2n) is 8.32. The lowest BCUT2D eigenvalue weighted by Gasteiger charge is -2.37. The number of carbonyl (C=O) groups excluding carboxylic acids is 2. The van der Waals surface area contributed by atoms with Crippen molar-refractivity contribution in [3.05, 3.63) is 81.0 Å². The van der Waals surface area contributed by atoms with Crippen LogP contribution in [0.4, 0.5) is 10.5 Å². The van der Waals surface area contributed by atoms with Crippen molar-refractivity contribution in [3.63, 3.8) is 0 Å². The number of non-ortho nitro benzene ring substituents is 1. The Morgan fingerprint density at radius 1 is 1.22 bits per heavy atom. The summed E-state index contributed by atoms with van der Waals surface area (Å²) in [5, 5.41) is 26.7. The zero-order valence-corrected chi connectivity index (χ0v) is 20.0. The molecule has 1 unspecified atom stereocenters. The fourth-order valence-electron chi connectivity index (χ4n) is 4.12. The van der Waals surface area contributed by atoms with Crippen LogP contribution in [0.2, 0.25) is 0 Å². The highest BCUT2D eigenvalue weighted by atomic mass is 16.6. The molecule has 0 fully saturated rings. The van der Waals surface area contributed by atoms with E-state index in [1.807, 2.05) is 12.1 Å². The van der Waals surface area contributed by atoms with Gasteiger partial charge in [0.15, 0.2) is 5.78 Å². The first-order valence-corrected chi connectivity index (χ1v) is 11.3. The number of ether oxygens (including phenoxy) is 1. The number of nitrogens with one attached hydrogen (secondary N) is 2. The van der Waals surface area contributed by atoms with E-state index in [0.717, 1.165) is 5.56 Å². The Bertz CT molecular complexity index is 1190. The fraction of sp³-hybridized carbons (Fsp3) is 0.320. The second-order valence-corrected chi connectivity index (χ2v) is 8.32. The van der Waals surface area contributed by atoms with E-state index in [2.05, 4.69) is 10.6 Å². The van der Waals surface area contributed by atoms with Gasteiger partial charge < -0.3 is 25.4 Å². The first-order valence-electron chi connectivity index (χ1n) is 11.3. The van der Waals surface area contributed by atoms with Crippen LogP contribution in [-0.4, -0.2) is 59.5 Å². The highest BCUT2D eigenvalue weighted by molar-refractivity contribution is 5.93. The number of carboxylic acids is 1. The molecule has 0 bridgehead atoms. The van der Waals surface area contributed by atoms with Crippen molar-refractivity contribution < 1.29 is 29.2 Å². The Morgan fingerprint density at radius 2 is 1.97 bits per heavy atom. The maximum Gasteiger partial charge on any atom is 0.335 e. The summed E-state index contributed by atoms with van der Waals surface area (Å²) in [6.07, 6.45) is 0.677. The Balaban J connectivity index is 1.64. The number of carbonyl (C=O) groups is 3. The van der Waals surface area contributed by atoms with Crippen molar-refractivity contribution in [1.29, 1.82) is 0 Å². The van der Waals surface area contributed by atoms with Gasteiger partial charge in [-0.2, -0.15) is 0 Å². The fourth-order valence-corrected chi connectivity index (χ4v) is 4.12. The third kappa shape index (κ3) is 6.45. The number of Topliss-reactive ketones (excluding diaryl/α,β-unsaturated/α-hetero) is 1. The molecule has 1 atom stereocenters. The molecule has 3 N–H and O–H groups in total. The van der Waals surface area contributed by atoms with E-state index >= 15 is 0 Å². The van der Waals surface area contributed by atoms with Gasteiger partial charge in [-0.1, -0.05) is 24.3 Å². The van der Waals surface area contributed by atoms with Gasteiger partial charge in [0.1, 0.15) is 5.75 Å². The smallest absolute Gasteiger partial charge is 0.335 e. The quantitative estimate of drug-likeness (QED) is 0.231. The molecule has 11 nitrogen and oxygen atoms in total. The van der Waals surface area contributed by atoms with Crippen LogP contribution < -0.4 is 15.4 Å². The van der Waals surface area contributed by atoms with Gasteiger partial charge in [0.05, 0.1) is 30.2 Å². The van der Waals surface area contributed by atoms with Gasteiger partial charge in [-0.3, -0.25) is 14.9 Å². The van der Waals surface area contributed by atoms with E-state index in [1.165, 1.54) is 30.0 Å². The number of aliphatic carboxylic acids is 1. The molecule has 36 heavy (non-hydrogen) atoms. The molecule has 2 aromatic carbocycles. The molecule has 0 aromatic heterocycles. The number of allylic oxidation sites excluding steroid dienone is 1. The number of hydrogen-bond acceptors (Lipinski definition) is 7. The number of nitrogens with zero attached hydrogens (tertiary/aromatic N) is 2. The van der Waals surface area contributed by atoms with Crippen LogP contribution in [0, 0.1) is 10.1 Å². The summed E-state index contributed by atoms with van der Waals surface area (Å²) in [7, 11) is 1.56. The van der Waals surface area contributed by atoms with Crippen molar-refractivity contribution in [2.24, 2.45) is 0 Å². The first-order chi connectivity index (χ1) is 17.2. The molecular weight excluding hydrogens is 468 g/mol. The van der Waals surface area contributed by atoms with Crippen molar-refractivity contribution in [2.45, 2.75) is 25.8 Å². The van der Waals surface area contributed by atoms with Crippen LogP contribution in [-0.2, 0) is 16.0 Å². The minimum Gasteiger partial charge on any atom is -0.497 e. The van der Waals surface area contributed by atoms with Gasteiger partial charge in [0.25, 0.3) is 5.69 Å². The van der Waals surface area contributed by atoms with Crippen LogP contribution in [0.25, 0.3) is 0 Å². The third-order valence-corrected chi connectivity index (χ3v) is 5.78. The minimum absolute atomic E-state index is 0.0137. The molecule has 0 radical (unpaired) electrons. The number of benzene rings is 2. The molecule has 0 spiro atoms. The van der Waals surface area contributed by atoms with Crippen LogP contribution in [0.5, 0.6) is 5.75 Å². The monoisotopic (exact) mass is 496 g/mol. The van der Waals surface area contributed by atoms with Crippen LogP contribution in [0.1, 0.15) is 30.5 Å². The van der Waals surface area contributed by atoms with Crippen molar-refractivity contribution in [1.82, 2.24) is 15.5 Å². The summed E-state index contributed by atoms with van der Waals surface area (Å²) >= 11 is 0. The van der Waals surface area contributed by atoms with Gasteiger partial charge in [-0.25, -0.2) is 9.59 Å². The topological polar surface area (TPSA) is 151 Å². The van der Waals surface area contributed by atoms with E-state index in [4.69, 9.17) is 4.74 Å². The van der Waals surface area contributed by atoms with Crippen LogP contribution >= 0.6 is 0 Å². The predicted octanol–water partition coefficient (Wildman–Crippen LogP) is 2.82. The lowest BCUT2D eigenvalue weighted by Crippen LogP contribution is -2.49. The number of nitro benzene ring substituents is 1. The molecular formula is C25H28N4O7. The maximum absolute atomic E-state index is 12.8. The SMILES string of the molecule is COc1cccc(CC(=O)CNCCCN2C(=O)NC(C)=C(C(=O)O)C2c2cccc([N+](=O)[O-])c2)c1. The molecule has 190 valence electrons. The molecule has 1 aliphatic rings. The molecule has 1 aliphatic heterocycles. The molecule has 0 saturated carbocycles. The van der Waals surface area contributed by atoms with E-state index in [9.17, 15) is 29.6 Å². The van der Waals surface area contributed by atoms with Gasteiger partial charge in [0, 0.05) is 30.8 Å². The number of ketones is 1. The van der Waals surface area contributed by atoms with E-state index in [0.29, 0.717) is 24.3 Å². The van der Waals surface area contributed by atoms with E-state index in [1.54, 1.807) is 25.3 Å². The lowest BCUT2D eigenvalue weighted by molar-refractivity contribution is -0.384. The van der Waals surface area contributed by atoms with Gasteiger partial charge >= 0.3 is 12.0 Å². The summed E-state index contributed by atoms with van der Waals surface area (Å²) in [5.41, 5.74) is 1.10. The summed E-state index contributed by atoms with van der Waals surface area (Å²) in [4.78, 5) is 49.1. The second kappa shape index (κ2) is 11.9. The standard InChI is InChI=1S/C25H28N4O7/c1-16-22(24(31)32)23(18-7-4-8-19(14-18)29(34)35)28(25(33)27-16)11-5-10-26-15-20(30)12-17-6-3-9-21(13-17)36-2/h3-4,6-9,13-14,23,26H,5,10-12,15H2,1-2H3,(H,27,33)(H,31,32). The number of nitro groups is 1. The highest BCUT2D eigenvalue weighted by Gasteiger charge is 2.37. The summed E-state index contributed by atoms with van der Waals surface area (Å²) < 4.78 is 5.17. The Kier molecular flexibility index (Phi) is 8.74. The Labute approximate surface area is 207 Å². The maximum atomic E-state index is 12.8. The average Bonchev–Trinajstić information content (AvgIpc) is 2.84. The van der Waals surface area contributed by atoms with E-state index in [-0.39, 0.29) is 42.3 Å². The Hall–Kier alpha value is -4.25. The number of urea groups is 1. The highest BCUT2D eigenvalue weighted by Crippen LogP contribution is 2.35. The summed E-state index contributed by atoms with van der Waals surface area (Å²) in [6, 6.07) is 11.4. The predicted molar refractivity (Wildman–Crippen MR) is 131 cm³/mol. The largest absolute Gasteiger partial charge is 0.497 e. The van der Waals surface area contributed by atoms with Crippen LogP contribution in [0.15, 0.2) is 59.8 Å². The Morgan fingerprint density at radius 3 is 2.67 bits per heavy atom. The number of hydrogen-bond donors (Lipinski definition) is 3. The van der Waals surface area contributed by atoms with Gasteiger partial charge in [0.2, 0.25) is 0 Å². The zero-order valence-electron chi connectivity index (χ0n) is 20.0. The van der Waals surface area contributed by atoms with Gasteiger partial charge in [-0.05, 0) is 43.1 Å². The molecule has 2 amide bonds. The molecule has 3 rings (SSSR count). The molecule has 11 heteroatoms. The molecule has 2 aromatic rings. The van der Waals surface area contributed by atoms with Gasteiger partial charge in [-0.15, -0.1) is 0 Å². The number of methoxy groups -OCH3 is 1. The van der Waals surface area contributed by atoms with Crippen molar-refractivity contribution in [3.8, 4) is 5.75 Å². The normalized spacial score (nSPS) is 15.4. The number of carboxylic acid groups (broad SMARTS) is 1. The molecule has 0 aliphatic carbocycles. The lowest BCUT2D eigenvalue weighted by atomic mass is 9.93. The number of amides is 2. The van der Waals surface area contributed by atoms with Crippen molar-refractivity contribution in [2.75, 3.05) is 26.7 Å². The average molecular weight is 497 g/mol. The molecule has 1 heterocycles. The zero-order chi connectivity index (χ0) is 26.2. The number of rotatable bonds is 12. The van der Waals surface area contributed by atoms with Crippen LogP contribution in [0.3, 0.4) is 0 Å². The minimum atomic E-state index is -1.23. The summed E-state index contributed by atoms with van der Waals surface area (Å²) in [5.74, 6) is -0.563. The van der Waals surface area contributed by atoms with E-state index < -0.39 is 23.0 Å². The molecule has 0 saturated heterocycles. The van der Waals surface area contributed by atoms with Crippen molar-refractivity contribution >= 4 is 23.5 Å².